The minimum Gasteiger partial charge on any atom is -0.469 e. The number of alkyl halides is 3. The molecule has 0 bridgehead atoms. The molecule has 0 unspecified atom stereocenters. The Morgan fingerprint density at radius 3 is 2.39 bits per heavy atom. The van der Waals surface area contributed by atoms with Crippen molar-refractivity contribution in [3.05, 3.63) is 102 Å². The maximum Gasteiger partial charge on any atom is 0.416 e. The van der Waals surface area contributed by atoms with Crippen molar-refractivity contribution in [2.45, 2.75) is 45.1 Å². The van der Waals surface area contributed by atoms with Gasteiger partial charge in [-0.1, -0.05) is 36.4 Å². The van der Waals surface area contributed by atoms with E-state index in [1.54, 1.807) is 30.3 Å². The number of methoxy groups -OCH3 is 1. The normalized spacial score (nSPS) is 12.4. The van der Waals surface area contributed by atoms with Crippen LogP contribution in [0.3, 0.4) is 0 Å². The van der Waals surface area contributed by atoms with E-state index in [1.807, 2.05) is 0 Å². The molecular formula is C26H26BrF4N3O4. The van der Waals surface area contributed by atoms with Crippen LogP contribution < -0.4 is 16.6 Å². The van der Waals surface area contributed by atoms with Crippen LogP contribution in [0.15, 0.2) is 62.6 Å². The van der Waals surface area contributed by atoms with E-state index >= 15 is 0 Å². The lowest BCUT2D eigenvalue weighted by Crippen LogP contribution is -2.44. The molecule has 0 saturated heterocycles. The van der Waals surface area contributed by atoms with Gasteiger partial charge >= 0.3 is 17.8 Å². The van der Waals surface area contributed by atoms with E-state index in [1.165, 1.54) is 14.0 Å². The summed E-state index contributed by atoms with van der Waals surface area (Å²) in [5.74, 6) is -1.49. The zero-order chi connectivity index (χ0) is 28.0. The molecule has 3 rings (SSSR count). The van der Waals surface area contributed by atoms with Crippen LogP contribution in [0, 0.1) is 12.7 Å². The van der Waals surface area contributed by atoms with Gasteiger partial charge in [-0.15, -0.1) is 0 Å². The topological polar surface area (TPSA) is 82.3 Å². The number of aromatic nitrogens is 2. The molecule has 38 heavy (non-hydrogen) atoms. The third-order valence-corrected chi connectivity index (χ3v) is 7.01. The van der Waals surface area contributed by atoms with Crippen LogP contribution >= 0.6 is 15.9 Å². The second kappa shape index (κ2) is 12.5. The highest BCUT2D eigenvalue weighted by molar-refractivity contribution is 9.10. The monoisotopic (exact) mass is 599 g/mol. The highest BCUT2D eigenvalue weighted by atomic mass is 79.9. The molecule has 0 radical (unpaired) electrons. The number of benzene rings is 2. The quantitative estimate of drug-likeness (QED) is 0.210. The molecule has 204 valence electrons. The number of hydrogen-bond donors (Lipinski definition) is 1. The van der Waals surface area contributed by atoms with Crippen LogP contribution in [0.2, 0.25) is 0 Å². The lowest BCUT2D eigenvalue weighted by molar-refractivity contribution is -0.141. The molecule has 2 aromatic carbocycles. The van der Waals surface area contributed by atoms with Crippen LogP contribution in [0.4, 0.5) is 17.6 Å². The van der Waals surface area contributed by atoms with Crippen molar-refractivity contribution in [3.63, 3.8) is 0 Å². The average molecular weight is 600 g/mol. The summed E-state index contributed by atoms with van der Waals surface area (Å²) in [6.07, 6.45) is -4.24. The van der Waals surface area contributed by atoms with Gasteiger partial charge in [0.1, 0.15) is 10.3 Å². The van der Waals surface area contributed by atoms with Crippen molar-refractivity contribution in [3.8, 4) is 0 Å². The van der Waals surface area contributed by atoms with Crippen LogP contribution in [0.5, 0.6) is 0 Å². The lowest BCUT2D eigenvalue weighted by Gasteiger charge is -2.22. The van der Waals surface area contributed by atoms with Crippen molar-refractivity contribution >= 4 is 21.9 Å². The molecule has 0 saturated carbocycles. The number of nitrogens with one attached hydrogen (secondary N) is 1. The number of carbonyl (C=O) groups excluding carboxylic acids is 1. The SMILES string of the molecule is COC(=O)CCCN[C@@H](Cn1c(=O)c(Br)c(C)n(Cc2c(F)cccc2C(F)(F)F)c1=O)c1ccccc1. The van der Waals surface area contributed by atoms with Crippen molar-refractivity contribution in [1.29, 1.82) is 0 Å². The van der Waals surface area contributed by atoms with E-state index in [4.69, 9.17) is 0 Å². The highest BCUT2D eigenvalue weighted by Gasteiger charge is 2.35. The fourth-order valence-electron chi connectivity index (χ4n) is 4.02. The van der Waals surface area contributed by atoms with E-state index in [0.717, 1.165) is 32.9 Å². The standard InChI is InChI=1S/C26H26BrF4N3O4/c1-16-23(27)24(36)34(15-21(17-8-4-3-5-9-17)32-13-7-12-22(35)38-2)25(37)33(16)14-18-19(26(29,30)31)10-6-11-20(18)28/h3-6,8-11,21,32H,7,12-15H2,1-2H3/t21-/m0/s1. The van der Waals surface area contributed by atoms with Gasteiger partial charge < -0.3 is 10.1 Å². The molecule has 12 heteroatoms. The summed E-state index contributed by atoms with van der Waals surface area (Å²) in [5, 5.41) is 3.22. The van der Waals surface area contributed by atoms with Crippen molar-refractivity contribution in [1.82, 2.24) is 14.5 Å². The second-order valence-corrected chi connectivity index (χ2v) is 9.34. The van der Waals surface area contributed by atoms with Gasteiger partial charge in [-0.3, -0.25) is 18.7 Å². The summed E-state index contributed by atoms with van der Waals surface area (Å²) in [7, 11) is 1.29. The number of hydrogen-bond acceptors (Lipinski definition) is 5. The number of esters is 1. The molecule has 1 heterocycles. The van der Waals surface area contributed by atoms with Gasteiger partial charge in [-0.25, -0.2) is 9.18 Å². The Bertz CT molecular complexity index is 1400. The largest absolute Gasteiger partial charge is 0.469 e. The van der Waals surface area contributed by atoms with Gasteiger partial charge in [0, 0.05) is 17.7 Å². The molecule has 0 fully saturated rings. The third-order valence-electron chi connectivity index (χ3n) is 6.10. The van der Waals surface area contributed by atoms with Crippen molar-refractivity contribution < 1.29 is 27.1 Å². The maximum atomic E-state index is 14.6. The van der Waals surface area contributed by atoms with Gasteiger partial charge in [-0.05, 0) is 53.5 Å². The minimum absolute atomic E-state index is 0.0282. The Hall–Kier alpha value is -3.25. The van der Waals surface area contributed by atoms with Crippen LogP contribution in [-0.2, 0) is 28.8 Å². The zero-order valence-corrected chi connectivity index (χ0v) is 22.2. The first kappa shape index (κ1) is 29.3. The van der Waals surface area contributed by atoms with E-state index in [-0.39, 0.29) is 29.1 Å². The van der Waals surface area contributed by atoms with Crippen LogP contribution in [-0.4, -0.2) is 28.8 Å². The Morgan fingerprint density at radius 1 is 1.08 bits per heavy atom. The van der Waals surface area contributed by atoms with E-state index in [9.17, 15) is 31.9 Å². The van der Waals surface area contributed by atoms with Gasteiger partial charge in [0.25, 0.3) is 5.56 Å². The number of carbonyl (C=O) groups is 1. The van der Waals surface area contributed by atoms with Crippen LogP contribution in [0.1, 0.15) is 41.3 Å². The molecule has 1 aromatic heterocycles. The summed E-state index contributed by atoms with van der Waals surface area (Å²) in [5.41, 5.74) is -2.66. The van der Waals surface area contributed by atoms with Gasteiger partial charge in [0.2, 0.25) is 0 Å². The molecule has 3 aromatic rings. The Kier molecular flexibility index (Phi) is 9.66. The number of ether oxygens (including phenoxy) is 1. The molecule has 7 nitrogen and oxygen atoms in total. The first-order chi connectivity index (χ1) is 18.0. The van der Waals surface area contributed by atoms with Crippen LogP contribution in [0.25, 0.3) is 0 Å². The molecule has 0 amide bonds. The third kappa shape index (κ3) is 6.79. The molecule has 1 atom stereocenters. The lowest BCUT2D eigenvalue weighted by atomic mass is 10.1. The van der Waals surface area contributed by atoms with Crippen molar-refractivity contribution in [2.75, 3.05) is 13.7 Å². The summed E-state index contributed by atoms with van der Waals surface area (Å²) >= 11 is 3.16. The maximum absolute atomic E-state index is 14.6. The first-order valence-corrected chi connectivity index (χ1v) is 12.4. The van der Waals surface area contributed by atoms with Gasteiger partial charge in [0.15, 0.2) is 0 Å². The summed E-state index contributed by atoms with van der Waals surface area (Å²) in [6.45, 7) is 0.857. The predicted octanol–water partition coefficient (Wildman–Crippen LogP) is 4.57. The fourth-order valence-corrected chi connectivity index (χ4v) is 4.45. The van der Waals surface area contributed by atoms with E-state index in [2.05, 4.69) is 26.0 Å². The second-order valence-electron chi connectivity index (χ2n) is 8.54. The highest BCUT2D eigenvalue weighted by Crippen LogP contribution is 2.33. The fraction of sp³-hybridized carbons (Fsp3) is 0.346. The minimum atomic E-state index is -4.84. The van der Waals surface area contributed by atoms with Crippen molar-refractivity contribution in [2.24, 2.45) is 0 Å². The number of rotatable bonds is 10. The molecule has 1 N–H and O–H groups in total. The zero-order valence-electron chi connectivity index (χ0n) is 20.6. The van der Waals surface area contributed by atoms with Gasteiger partial charge in [0.05, 0.1) is 31.8 Å². The molecular weight excluding hydrogens is 574 g/mol. The summed E-state index contributed by atoms with van der Waals surface area (Å²) < 4.78 is 61.7. The molecule has 0 aliphatic carbocycles. The Balaban J connectivity index is 2.03. The number of nitrogens with zero attached hydrogens (tertiary/aromatic N) is 2. The molecule has 0 aliphatic heterocycles. The summed E-state index contributed by atoms with van der Waals surface area (Å²) in [6, 6.07) is 11.0. The van der Waals surface area contributed by atoms with Gasteiger partial charge in [-0.2, -0.15) is 13.2 Å². The molecule has 0 spiro atoms. The smallest absolute Gasteiger partial charge is 0.416 e. The first-order valence-electron chi connectivity index (χ1n) is 11.6. The van der Waals surface area contributed by atoms with E-state index < -0.39 is 47.0 Å². The number of halogens is 5. The molecule has 0 aliphatic rings. The summed E-state index contributed by atoms with van der Waals surface area (Å²) in [4.78, 5) is 38.0. The Morgan fingerprint density at radius 2 is 1.76 bits per heavy atom. The average Bonchev–Trinajstić information content (AvgIpc) is 2.89. The predicted molar refractivity (Wildman–Crippen MR) is 136 cm³/mol. The van der Waals surface area contributed by atoms with E-state index in [0.29, 0.717) is 13.0 Å². The Labute approximate surface area is 224 Å².